The number of hydrogen-bond donors (Lipinski definition) is 1. The van der Waals surface area contributed by atoms with Crippen molar-refractivity contribution in [2.24, 2.45) is 0 Å². The highest BCUT2D eigenvalue weighted by molar-refractivity contribution is 5.90. The van der Waals surface area contributed by atoms with Crippen molar-refractivity contribution < 1.29 is 9.21 Å². The van der Waals surface area contributed by atoms with Crippen molar-refractivity contribution in [2.75, 3.05) is 5.32 Å². The summed E-state index contributed by atoms with van der Waals surface area (Å²) in [7, 11) is 0. The van der Waals surface area contributed by atoms with E-state index in [4.69, 9.17) is 4.42 Å². The number of carbonyl (C=O) groups excluding carboxylic acids is 1. The molecule has 3 rings (SSSR count). The van der Waals surface area contributed by atoms with E-state index in [1.165, 1.54) is 5.56 Å². The van der Waals surface area contributed by atoms with E-state index in [0.29, 0.717) is 11.8 Å². The zero-order chi connectivity index (χ0) is 17.8. The summed E-state index contributed by atoms with van der Waals surface area (Å²) in [5.74, 6) is 0.675. The SMILES string of the molecule is Cc1ccc(-c2nnc(NC(=O)Cc3ccc(C(C)C)cc3)o2)cc1. The summed E-state index contributed by atoms with van der Waals surface area (Å²) in [5, 5.41) is 10.5. The molecule has 1 heterocycles. The van der Waals surface area contributed by atoms with Crippen molar-refractivity contribution >= 4 is 11.9 Å². The van der Waals surface area contributed by atoms with E-state index in [1.807, 2.05) is 43.3 Å². The molecule has 1 amide bonds. The van der Waals surface area contributed by atoms with E-state index in [2.05, 4.69) is 41.5 Å². The van der Waals surface area contributed by atoms with Gasteiger partial charge in [0, 0.05) is 5.56 Å². The molecule has 0 unspecified atom stereocenters. The first kappa shape index (κ1) is 16.9. The number of carbonyl (C=O) groups is 1. The normalized spacial score (nSPS) is 10.9. The molecule has 5 heteroatoms. The Morgan fingerprint density at radius 3 is 2.36 bits per heavy atom. The van der Waals surface area contributed by atoms with Crippen LogP contribution in [0.4, 0.5) is 6.01 Å². The number of rotatable bonds is 5. The highest BCUT2D eigenvalue weighted by Gasteiger charge is 2.12. The van der Waals surface area contributed by atoms with Crippen LogP contribution in [-0.2, 0) is 11.2 Å². The molecule has 0 bridgehead atoms. The Hall–Kier alpha value is -2.95. The monoisotopic (exact) mass is 335 g/mol. The van der Waals surface area contributed by atoms with Gasteiger partial charge < -0.3 is 4.42 Å². The predicted molar refractivity (Wildman–Crippen MR) is 97.3 cm³/mol. The van der Waals surface area contributed by atoms with Crippen molar-refractivity contribution in [2.45, 2.75) is 33.1 Å². The van der Waals surface area contributed by atoms with Gasteiger partial charge in [0.15, 0.2) is 0 Å². The number of nitrogens with one attached hydrogen (secondary N) is 1. The average Bonchev–Trinajstić information content (AvgIpc) is 3.04. The lowest BCUT2D eigenvalue weighted by molar-refractivity contribution is -0.115. The van der Waals surface area contributed by atoms with E-state index in [0.717, 1.165) is 16.7 Å². The molecular formula is C20H21N3O2. The van der Waals surface area contributed by atoms with E-state index in [-0.39, 0.29) is 18.3 Å². The van der Waals surface area contributed by atoms with Crippen molar-refractivity contribution in [3.05, 3.63) is 65.2 Å². The van der Waals surface area contributed by atoms with Crippen molar-refractivity contribution in [3.8, 4) is 11.5 Å². The fourth-order valence-electron chi connectivity index (χ4n) is 2.46. The Morgan fingerprint density at radius 2 is 1.72 bits per heavy atom. The second kappa shape index (κ2) is 7.30. The molecule has 0 radical (unpaired) electrons. The Bertz CT molecular complexity index is 849. The molecule has 0 aliphatic rings. The zero-order valence-corrected chi connectivity index (χ0v) is 14.6. The standard InChI is InChI=1S/C20H21N3O2/c1-13(2)16-10-6-15(7-11-16)12-18(24)21-20-23-22-19(25-20)17-8-4-14(3)5-9-17/h4-11,13H,12H2,1-3H3,(H,21,23,24). The van der Waals surface area contributed by atoms with Crippen LogP contribution in [0.1, 0.15) is 36.5 Å². The minimum Gasteiger partial charge on any atom is -0.403 e. The molecule has 0 saturated carbocycles. The quantitative estimate of drug-likeness (QED) is 0.752. The Balaban J connectivity index is 1.62. The number of aromatic nitrogens is 2. The number of nitrogens with zero attached hydrogens (tertiary/aromatic N) is 2. The molecule has 0 spiro atoms. The average molecular weight is 335 g/mol. The molecule has 0 fully saturated rings. The summed E-state index contributed by atoms with van der Waals surface area (Å²) in [4.78, 5) is 12.2. The Labute approximate surface area is 147 Å². The fourth-order valence-corrected chi connectivity index (χ4v) is 2.46. The summed E-state index contributed by atoms with van der Waals surface area (Å²) < 4.78 is 5.51. The maximum absolute atomic E-state index is 12.2. The summed E-state index contributed by atoms with van der Waals surface area (Å²) in [6.07, 6.45) is 0.265. The first-order chi connectivity index (χ1) is 12.0. The maximum Gasteiger partial charge on any atom is 0.322 e. The van der Waals surface area contributed by atoms with Gasteiger partial charge in [-0.15, -0.1) is 5.10 Å². The number of benzene rings is 2. The summed E-state index contributed by atoms with van der Waals surface area (Å²) in [6, 6.07) is 15.9. The van der Waals surface area contributed by atoms with Crippen LogP contribution in [0.5, 0.6) is 0 Å². The largest absolute Gasteiger partial charge is 0.403 e. The van der Waals surface area contributed by atoms with Crippen molar-refractivity contribution in [3.63, 3.8) is 0 Å². The van der Waals surface area contributed by atoms with Crippen molar-refractivity contribution in [1.82, 2.24) is 10.2 Å². The number of anilines is 1. The fraction of sp³-hybridized carbons (Fsp3) is 0.250. The maximum atomic E-state index is 12.2. The molecule has 0 saturated heterocycles. The number of aryl methyl sites for hydroxylation is 1. The van der Waals surface area contributed by atoms with Crippen LogP contribution in [0.25, 0.3) is 11.5 Å². The minimum atomic E-state index is -0.184. The van der Waals surface area contributed by atoms with E-state index in [1.54, 1.807) is 0 Å². The van der Waals surface area contributed by atoms with E-state index in [9.17, 15) is 4.79 Å². The molecule has 1 aromatic heterocycles. The topological polar surface area (TPSA) is 68.0 Å². The summed E-state index contributed by atoms with van der Waals surface area (Å²) in [5.41, 5.74) is 4.17. The lowest BCUT2D eigenvalue weighted by atomic mass is 10.0. The van der Waals surface area contributed by atoms with Gasteiger partial charge in [-0.1, -0.05) is 60.9 Å². The summed E-state index contributed by atoms with van der Waals surface area (Å²) >= 11 is 0. The lowest BCUT2D eigenvalue weighted by Crippen LogP contribution is -2.14. The van der Waals surface area contributed by atoms with Gasteiger partial charge in [-0.25, -0.2) is 0 Å². The smallest absolute Gasteiger partial charge is 0.322 e. The molecule has 5 nitrogen and oxygen atoms in total. The molecule has 2 aromatic carbocycles. The van der Waals surface area contributed by atoms with Crippen LogP contribution in [0, 0.1) is 6.92 Å². The van der Waals surface area contributed by atoms with Gasteiger partial charge in [0.2, 0.25) is 11.8 Å². The molecule has 25 heavy (non-hydrogen) atoms. The zero-order valence-electron chi connectivity index (χ0n) is 14.6. The van der Waals surface area contributed by atoms with Gasteiger partial charge in [-0.05, 0) is 36.1 Å². The Kier molecular flexibility index (Phi) is 4.93. The van der Waals surface area contributed by atoms with E-state index >= 15 is 0 Å². The predicted octanol–water partition coefficient (Wildman–Crippen LogP) is 4.35. The van der Waals surface area contributed by atoms with Crippen LogP contribution < -0.4 is 5.32 Å². The van der Waals surface area contributed by atoms with Gasteiger partial charge in [-0.3, -0.25) is 10.1 Å². The number of amides is 1. The highest BCUT2D eigenvalue weighted by Crippen LogP contribution is 2.20. The van der Waals surface area contributed by atoms with Crippen LogP contribution in [-0.4, -0.2) is 16.1 Å². The third-order valence-electron chi connectivity index (χ3n) is 3.98. The molecule has 0 aliphatic carbocycles. The van der Waals surface area contributed by atoms with Crippen LogP contribution in [0.2, 0.25) is 0 Å². The van der Waals surface area contributed by atoms with Gasteiger partial charge >= 0.3 is 6.01 Å². The molecule has 1 N–H and O–H groups in total. The first-order valence-corrected chi connectivity index (χ1v) is 8.30. The molecule has 128 valence electrons. The lowest BCUT2D eigenvalue weighted by Gasteiger charge is -2.06. The van der Waals surface area contributed by atoms with Crippen LogP contribution >= 0.6 is 0 Å². The van der Waals surface area contributed by atoms with Crippen LogP contribution in [0.15, 0.2) is 52.9 Å². The van der Waals surface area contributed by atoms with Gasteiger partial charge in [0.25, 0.3) is 0 Å². The van der Waals surface area contributed by atoms with Gasteiger partial charge in [-0.2, -0.15) is 0 Å². The Morgan fingerprint density at radius 1 is 1.04 bits per heavy atom. The second-order valence-corrected chi connectivity index (χ2v) is 6.40. The molecule has 3 aromatic rings. The van der Waals surface area contributed by atoms with Gasteiger partial charge in [0.05, 0.1) is 6.42 Å². The second-order valence-electron chi connectivity index (χ2n) is 6.40. The summed E-state index contributed by atoms with van der Waals surface area (Å²) in [6.45, 7) is 6.29. The third-order valence-corrected chi connectivity index (χ3v) is 3.98. The van der Waals surface area contributed by atoms with Crippen LogP contribution in [0.3, 0.4) is 0 Å². The minimum absolute atomic E-state index is 0.111. The third kappa shape index (κ3) is 4.32. The molecule has 0 aliphatic heterocycles. The van der Waals surface area contributed by atoms with Gasteiger partial charge in [0.1, 0.15) is 0 Å². The highest BCUT2D eigenvalue weighted by atomic mass is 16.4. The first-order valence-electron chi connectivity index (χ1n) is 8.30. The van der Waals surface area contributed by atoms with Crippen molar-refractivity contribution in [1.29, 1.82) is 0 Å². The van der Waals surface area contributed by atoms with E-state index < -0.39 is 0 Å². The molecule has 0 atom stereocenters. The molecular weight excluding hydrogens is 314 g/mol. The number of hydrogen-bond acceptors (Lipinski definition) is 4.